The van der Waals surface area contributed by atoms with E-state index in [0.717, 1.165) is 12.5 Å². The fourth-order valence-corrected chi connectivity index (χ4v) is 4.92. The summed E-state index contributed by atoms with van der Waals surface area (Å²) in [4.78, 5) is 6.97. The fraction of sp³-hybridized carbons (Fsp3) is 0.524. The van der Waals surface area contributed by atoms with Gasteiger partial charge in [0.1, 0.15) is 12.0 Å². The van der Waals surface area contributed by atoms with Crippen LogP contribution in [-0.2, 0) is 15.8 Å². The van der Waals surface area contributed by atoms with Crippen LogP contribution >= 0.6 is 24.0 Å². The summed E-state index contributed by atoms with van der Waals surface area (Å²) in [6.45, 7) is 9.81. The first-order valence-corrected chi connectivity index (χ1v) is 12.0. The third kappa shape index (κ3) is 7.18. The molecule has 1 atom stereocenters. The fourth-order valence-electron chi connectivity index (χ4n) is 3.50. The van der Waals surface area contributed by atoms with Crippen molar-refractivity contribution < 1.29 is 12.9 Å². The summed E-state index contributed by atoms with van der Waals surface area (Å²) in [6, 6.07) is 10.1. The first-order valence-electron chi connectivity index (χ1n) is 10.4. The van der Waals surface area contributed by atoms with Crippen LogP contribution in [0.2, 0.25) is 0 Å². The molecule has 8 nitrogen and oxygen atoms in total. The van der Waals surface area contributed by atoms with Crippen molar-refractivity contribution in [1.29, 1.82) is 0 Å². The number of halogens is 1. The lowest BCUT2D eigenvalue weighted by molar-refractivity contribution is 0.259. The van der Waals surface area contributed by atoms with Gasteiger partial charge >= 0.3 is 0 Å². The molecule has 0 spiro atoms. The van der Waals surface area contributed by atoms with Gasteiger partial charge in [0.2, 0.25) is 10.0 Å². The maximum absolute atomic E-state index is 12.6. The van der Waals surface area contributed by atoms with Crippen molar-refractivity contribution in [3.05, 3.63) is 53.4 Å². The van der Waals surface area contributed by atoms with E-state index in [2.05, 4.69) is 53.5 Å². The standard InChI is InChI=1S/C21H31N5O3S.HI/c1-4-22-21(23-15-18(3)19-7-5-6-17(2)14-19)25-9-11-26(12-10-25)30(27,28)16-20-8-13-29-24-20;/h5-8,13-14,18H,4,9-12,15-16H2,1-3H3,(H,22,23);1H. The van der Waals surface area contributed by atoms with E-state index in [1.54, 1.807) is 6.07 Å². The van der Waals surface area contributed by atoms with Gasteiger partial charge in [0.05, 0.1) is 5.69 Å². The first-order chi connectivity index (χ1) is 14.4. The molecule has 3 rings (SSSR count). The van der Waals surface area contributed by atoms with E-state index in [1.807, 2.05) is 6.92 Å². The quantitative estimate of drug-likeness (QED) is 0.318. The van der Waals surface area contributed by atoms with Crippen LogP contribution in [-0.4, -0.2) is 68.0 Å². The van der Waals surface area contributed by atoms with Crippen LogP contribution in [0, 0.1) is 6.92 Å². The zero-order chi connectivity index (χ0) is 21.6. The summed E-state index contributed by atoms with van der Waals surface area (Å²) in [5.41, 5.74) is 2.95. The highest BCUT2D eigenvalue weighted by molar-refractivity contribution is 14.0. The van der Waals surface area contributed by atoms with Crippen molar-refractivity contribution in [2.24, 2.45) is 4.99 Å². The molecule has 1 aliphatic rings. The van der Waals surface area contributed by atoms with Gasteiger partial charge in [-0.25, -0.2) is 8.42 Å². The van der Waals surface area contributed by atoms with Crippen molar-refractivity contribution >= 4 is 40.0 Å². The third-order valence-electron chi connectivity index (χ3n) is 5.21. The lowest BCUT2D eigenvalue weighted by Crippen LogP contribution is -2.54. The summed E-state index contributed by atoms with van der Waals surface area (Å²) < 4.78 is 31.5. The molecule has 1 N–H and O–H groups in total. The van der Waals surface area contributed by atoms with Gasteiger partial charge in [-0.3, -0.25) is 4.99 Å². The second kappa shape index (κ2) is 11.8. The predicted molar refractivity (Wildman–Crippen MR) is 133 cm³/mol. The number of nitrogens with one attached hydrogen (secondary N) is 1. The largest absolute Gasteiger partial charge is 0.364 e. The maximum atomic E-state index is 12.6. The number of guanidine groups is 1. The number of hydrogen-bond acceptors (Lipinski definition) is 5. The molecule has 1 saturated heterocycles. The topological polar surface area (TPSA) is 91.0 Å². The van der Waals surface area contributed by atoms with Crippen LogP contribution in [0.4, 0.5) is 0 Å². The molecular weight excluding hydrogens is 529 g/mol. The smallest absolute Gasteiger partial charge is 0.220 e. The van der Waals surface area contributed by atoms with Gasteiger partial charge in [0.25, 0.3) is 0 Å². The van der Waals surface area contributed by atoms with Crippen LogP contribution < -0.4 is 5.32 Å². The van der Waals surface area contributed by atoms with Gasteiger partial charge in [-0.2, -0.15) is 4.31 Å². The highest BCUT2D eigenvalue weighted by Crippen LogP contribution is 2.17. The van der Waals surface area contributed by atoms with Gasteiger partial charge in [0, 0.05) is 51.3 Å². The Morgan fingerprint density at radius 3 is 2.61 bits per heavy atom. The average molecular weight is 561 g/mol. The molecule has 2 aromatic rings. The second-order valence-corrected chi connectivity index (χ2v) is 9.61. The van der Waals surface area contributed by atoms with Crippen LogP contribution in [0.15, 0.2) is 46.1 Å². The Kier molecular flexibility index (Phi) is 9.76. The van der Waals surface area contributed by atoms with Gasteiger partial charge in [-0.05, 0) is 19.4 Å². The monoisotopic (exact) mass is 561 g/mol. The zero-order valence-electron chi connectivity index (χ0n) is 18.3. The van der Waals surface area contributed by atoms with E-state index in [9.17, 15) is 8.42 Å². The Balaban J connectivity index is 0.00000341. The van der Waals surface area contributed by atoms with Gasteiger partial charge in [0.15, 0.2) is 5.96 Å². The molecule has 0 bridgehead atoms. The molecular formula is C21H32IN5O3S. The Hall–Kier alpha value is -1.66. The molecule has 0 radical (unpaired) electrons. The van der Waals surface area contributed by atoms with Crippen LogP contribution in [0.1, 0.15) is 36.6 Å². The summed E-state index contributed by atoms with van der Waals surface area (Å²) in [5.74, 6) is 1.01. The van der Waals surface area contributed by atoms with Gasteiger partial charge < -0.3 is 14.7 Å². The Bertz CT molecular complexity index is 942. The Labute approximate surface area is 202 Å². The number of rotatable bonds is 7. The van der Waals surface area contributed by atoms with Crippen molar-refractivity contribution in [2.45, 2.75) is 32.4 Å². The molecule has 0 saturated carbocycles. The number of nitrogens with zero attached hydrogens (tertiary/aromatic N) is 4. The van der Waals surface area contributed by atoms with Crippen molar-refractivity contribution in [3.8, 4) is 0 Å². The van der Waals surface area contributed by atoms with E-state index in [4.69, 9.17) is 9.52 Å². The van der Waals surface area contributed by atoms with E-state index in [0.29, 0.717) is 44.3 Å². The molecule has 1 unspecified atom stereocenters. The first kappa shape index (κ1) is 25.6. The molecule has 1 aliphatic heterocycles. The molecule has 1 aromatic heterocycles. The normalized spacial score (nSPS) is 16.6. The molecule has 31 heavy (non-hydrogen) atoms. The van der Waals surface area contributed by atoms with E-state index in [-0.39, 0.29) is 29.7 Å². The number of aromatic nitrogens is 1. The lowest BCUT2D eigenvalue weighted by atomic mass is 10.00. The van der Waals surface area contributed by atoms with Crippen LogP contribution in [0.25, 0.3) is 0 Å². The van der Waals surface area contributed by atoms with Crippen molar-refractivity contribution in [1.82, 2.24) is 19.7 Å². The molecule has 10 heteroatoms. The van der Waals surface area contributed by atoms with Crippen LogP contribution in [0.3, 0.4) is 0 Å². The summed E-state index contributed by atoms with van der Waals surface area (Å²) in [5, 5.41) is 7.06. The number of hydrogen-bond donors (Lipinski definition) is 1. The molecule has 1 aromatic carbocycles. The second-order valence-electron chi connectivity index (χ2n) is 7.64. The lowest BCUT2D eigenvalue weighted by Gasteiger charge is -2.35. The van der Waals surface area contributed by atoms with E-state index < -0.39 is 10.0 Å². The van der Waals surface area contributed by atoms with Crippen LogP contribution in [0.5, 0.6) is 0 Å². The highest BCUT2D eigenvalue weighted by Gasteiger charge is 2.29. The van der Waals surface area contributed by atoms with Crippen molar-refractivity contribution in [3.63, 3.8) is 0 Å². The third-order valence-corrected chi connectivity index (χ3v) is 7.03. The SMILES string of the molecule is CCNC(=NCC(C)c1cccc(C)c1)N1CCN(S(=O)(=O)Cc2ccon2)CC1.I. The van der Waals surface area contributed by atoms with E-state index >= 15 is 0 Å². The molecule has 1 fully saturated rings. The summed E-state index contributed by atoms with van der Waals surface area (Å²) in [6.07, 6.45) is 1.39. The number of piperazine rings is 1. The zero-order valence-corrected chi connectivity index (χ0v) is 21.5. The predicted octanol–water partition coefficient (Wildman–Crippen LogP) is 2.82. The van der Waals surface area contributed by atoms with Crippen molar-refractivity contribution in [2.75, 3.05) is 39.3 Å². The number of aryl methyl sites for hydroxylation is 1. The maximum Gasteiger partial charge on any atom is 0.220 e. The highest BCUT2D eigenvalue weighted by atomic mass is 127. The molecule has 0 aliphatic carbocycles. The minimum Gasteiger partial charge on any atom is -0.364 e. The van der Waals surface area contributed by atoms with Gasteiger partial charge in [-0.15, -0.1) is 24.0 Å². The Morgan fingerprint density at radius 1 is 1.26 bits per heavy atom. The summed E-state index contributed by atoms with van der Waals surface area (Å²) >= 11 is 0. The number of sulfonamides is 1. The average Bonchev–Trinajstić information content (AvgIpc) is 3.23. The Morgan fingerprint density at radius 2 is 2.00 bits per heavy atom. The van der Waals surface area contributed by atoms with Gasteiger partial charge in [-0.1, -0.05) is 41.9 Å². The van der Waals surface area contributed by atoms with E-state index in [1.165, 1.54) is 21.7 Å². The molecule has 0 amide bonds. The molecule has 2 heterocycles. The molecule has 172 valence electrons. The number of aliphatic imine (C=N–C) groups is 1. The number of benzene rings is 1. The summed E-state index contributed by atoms with van der Waals surface area (Å²) in [7, 11) is -3.41. The minimum absolute atomic E-state index is 0. The minimum atomic E-state index is -3.41.